The Morgan fingerprint density at radius 2 is 1.73 bits per heavy atom. The summed E-state index contributed by atoms with van der Waals surface area (Å²) in [6.45, 7) is 4.18. The molecule has 1 fully saturated rings. The largest absolute Gasteiger partial charge is 0.495 e. The van der Waals surface area contributed by atoms with Crippen LogP contribution in [-0.4, -0.2) is 34.9 Å². The zero-order valence-corrected chi connectivity index (χ0v) is 22.0. The number of anilines is 1. The van der Waals surface area contributed by atoms with Gasteiger partial charge in [0.25, 0.3) is 0 Å². The third-order valence-corrected chi connectivity index (χ3v) is 7.09. The number of benzene rings is 2. The number of ether oxygens (including phenoxy) is 2. The lowest BCUT2D eigenvalue weighted by Gasteiger charge is -2.29. The zero-order chi connectivity index (χ0) is 26.1. The van der Waals surface area contributed by atoms with Crippen molar-refractivity contribution in [3.63, 3.8) is 0 Å². The number of hydrogen-bond donors (Lipinski definition) is 1. The molecule has 188 valence electrons. The van der Waals surface area contributed by atoms with Gasteiger partial charge in [0.15, 0.2) is 5.11 Å². The molecule has 5 rings (SSSR count). The summed E-state index contributed by atoms with van der Waals surface area (Å²) in [5, 5.41) is 4.13. The first kappa shape index (κ1) is 24.5. The number of thiocarbonyl (C=S) groups is 1. The highest BCUT2D eigenvalue weighted by atomic mass is 32.1. The number of hydrogen-bond acceptors (Lipinski definition) is 5. The van der Waals surface area contributed by atoms with Crippen LogP contribution in [0.1, 0.15) is 45.1 Å². The molecule has 1 aliphatic rings. The smallest absolute Gasteiger partial charge is 0.337 e. The SMILES string of the molecule is COC(=O)c1ccc(-n2c(C)cc([C@@H]3[C@@H](c4ccccn4)NC(=S)N3c3ccccc3OC)c2C)cc1. The van der Waals surface area contributed by atoms with Gasteiger partial charge >= 0.3 is 5.97 Å². The monoisotopic (exact) mass is 512 g/mol. The third-order valence-electron chi connectivity index (χ3n) is 6.78. The molecule has 1 aliphatic heterocycles. The average molecular weight is 513 g/mol. The van der Waals surface area contributed by atoms with Crippen molar-refractivity contribution in [2.24, 2.45) is 0 Å². The molecule has 2 aromatic heterocycles. The fourth-order valence-corrected chi connectivity index (χ4v) is 5.45. The van der Waals surface area contributed by atoms with Crippen LogP contribution < -0.4 is 15.0 Å². The van der Waals surface area contributed by atoms with Crippen molar-refractivity contribution in [3.8, 4) is 11.4 Å². The second-order valence-corrected chi connectivity index (χ2v) is 9.26. The van der Waals surface area contributed by atoms with E-state index in [9.17, 15) is 4.79 Å². The van der Waals surface area contributed by atoms with E-state index in [-0.39, 0.29) is 18.1 Å². The molecule has 3 heterocycles. The Labute approximate surface area is 221 Å². The first-order valence-corrected chi connectivity index (χ1v) is 12.4. The summed E-state index contributed by atoms with van der Waals surface area (Å²) < 4.78 is 12.8. The number of para-hydroxylation sites is 2. The molecule has 8 heteroatoms. The standard InChI is InChI=1S/C29H28N4O3S/c1-18-17-22(19(2)32(18)21-14-12-20(13-15-21)28(34)36-4)27-26(23-9-7-8-16-30-23)31-29(37)33(27)24-10-5-6-11-25(24)35-3/h5-17,26-27H,1-4H3,(H,31,37)/t26-,27-/m1/s1. The number of rotatable bonds is 6. The van der Waals surface area contributed by atoms with Crippen LogP contribution in [0.4, 0.5) is 5.69 Å². The van der Waals surface area contributed by atoms with E-state index in [0.717, 1.165) is 39.8 Å². The van der Waals surface area contributed by atoms with E-state index in [2.05, 4.69) is 39.7 Å². The number of nitrogens with zero attached hydrogens (tertiary/aromatic N) is 3. The van der Waals surface area contributed by atoms with Crippen molar-refractivity contribution in [2.75, 3.05) is 19.1 Å². The highest BCUT2D eigenvalue weighted by Gasteiger charge is 2.43. The first-order valence-electron chi connectivity index (χ1n) is 12.0. The number of carbonyl (C=O) groups excluding carboxylic acids is 1. The highest BCUT2D eigenvalue weighted by molar-refractivity contribution is 7.80. The van der Waals surface area contributed by atoms with Crippen LogP contribution in [-0.2, 0) is 4.74 Å². The van der Waals surface area contributed by atoms with Crippen molar-refractivity contribution in [2.45, 2.75) is 25.9 Å². The minimum Gasteiger partial charge on any atom is -0.495 e. The average Bonchev–Trinajstić information content (AvgIpc) is 3.43. The maximum Gasteiger partial charge on any atom is 0.337 e. The van der Waals surface area contributed by atoms with Gasteiger partial charge in [0.05, 0.1) is 43.2 Å². The van der Waals surface area contributed by atoms with Gasteiger partial charge in [-0.3, -0.25) is 4.98 Å². The van der Waals surface area contributed by atoms with Crippen LogP contribution in [0.2, 0.25) is 0 Å². The van der Waals surface area contributed by atoms with Gasteiger partial charge in [-0.2, -0.15) is 0 Å². The summed E-state index contributed by atoms with van der Waals surface area (Å²) >= 11 is 5.89. The fraction of sp³-hybridized carbons (Fsp3) is 0.207. The van der Waals surface area contributed by atoms with E-state index in [1.807, 2.05) is 54.6 Å². The van der Waals surface area contributed by atoms with E-state index in [1.54, 1.807) is 25.4 Å². The maximum atomic E-state index is 11.9. The molecule has 0 spiro atoms. The van der Waals surface area contributed by atoms with Gasteiger partial charge in [-0.05, 0) is 86.2 Å². The van der Waals surface area contributed by atoms with Gasteiger partial charge in [0.2, 0.25) is 0 Å². The Kier molecular flexibility index (Phi) is 6.67. The van der Waals surface area contributed by atoms with Gasteiger partial charge in [0, 0.05) is 23.3 Å². The molecule has 1 N–H and O–H groups in total. The van der Waals surface area contributed by atoms with Crippen molar-refractivity contribution < 1.29 is 14.3 Å². The molecule has 37 heavy (non-hydrogen) atoms. The lowest BCUT2D eigenvalue weighted by atomic mass is 9.96. The second-order valence-electron chi connectivity index (χ2n) is 8.87. The predicted molar refractivity (Wildman–Crippen MR) is 148 cm³/mol. The molecule has 7 nitrogen and oxygen atoms in total. The van der Waals surface area contributed by atoms with Gasteiger partial charge < -0.3 is 24.3 Å². The topological polar surface area (TPSA) is 68.6 Å². The van der Waals surface area contributed by atoms with E-state index >= 15 is 0 Å². The zero-order valence-electron chi connectivity index (χ0n) is 21.1. The molecule has 0 bridgehead atoms. The lowest BCUT2D eigenvalue weighted by molar-refractivity contribution is 0.0600. The number of aromatic nitrogens is 2. The van der Waals surface area contributed by atoms with E-state index in [4.69, 9.17) is 21.7 Å². The van der Waals surface area contributed by atoms with Gasteiger partial charge in [-0.25, -0.2) is 4.79 Å². The van der Waals surface area contributed by atoms with Crippen LogP contribution in [0.15, 0.2) is 79.0 Å². The van der Waals surface area contributed by atoms with Crippen LogP contribution >= 0.6 is 12.2 Å². The molecule has 2 atom stereocenters. The fourth-order valence-electron chi connectivity index (χ4n) is 5.11. The summed E-state index contributed by atoms with van der Waals surface area (Å²) in [5.41, 5.74) is 6.51. The maximum absolute atomic E-state index is 11.9. The Morgan fingerprint density at radius 1 is 1.00 bits per heavy atom. The number of esters is 1. The number of carbonyl (C=O) groups is 1. The third kappa shape index (κ3) is 4.34. The number of nitrogens with one attached hydrogen (secondary N) is 1. The summed E-state index contributed by atoms with van der Waals surface area (Å²) in [6.07, 6.45) is 1.80. The summed E-state index contributed by atoms with van der Waals surface area (Å²) in [5.74, 6) is 0.384. The van der Waals surface area contributed by atoms with E-state index < -0.39 is 0 Å². The molecule has 0 radical (unpaired) electrons. The van der Waals surface area contributed by atoms with Crippen molar-refractivity contribution in [1.82, 2.24) is 14.9 Å². The summed E-state index contributed by atoms with van der Waals surface area (Å²) in [7, 11) is 3.05. The van der Waals surface area contributed by atoms with Crippen LogP contribution in [0, 0.1) is 13.8 Å². The van der Waals surface area contributed by atoms with Crippen LogP contribution in [0.5, 0.6) is 5.75 Å². The van der Waals surface area contributed by atoms with Gasteiger partial charge in [-0.15, -0.1) is 0 Å². The number of methoxy groups -OCH3 is 2. The van der Waals surface area contributed by atoms with Gasteiger partial charge in [-0.1, -0.05) is 18.2 Å². The van der Waals surface area contributed by atoms with Gasteiger partial charge in [0.1, 0.15) is 5.75 Å². The Balaban J connectivity index is 1.65. The van der Waals surface area contributed by atoms with Crippen molar-refractivity contribution in [3.05, 3.63) is 107 Å². The number of aryl methyl sites for hydroxylation is 1. The van der Waals surface area contributed by atoms with Crippen LogP contribution in [0.25, 0.3) is 5.69 Å². The molecular formula is C29H28N4O3S. The first-order chi connectivity index (χ1) is 17.9. The molecular weight excluding hydrogens is 484 g/mol. The molecule has 1 saturated heterocycles. The normalized spacial score (nSPS) is 17.0. The predicted octanol–water partition coefficient (Wildman–Crippen LogP) is 5.46. The molecule has 0 amide bonds. The van der Waals surface area contributed by atoms with Crippen LogP contribution in [0.3, 0.4) is 0 Å². The quantitative estimate of drug-likeness (QED) is 0.272. The summed E-state index contributed by atoms with van der Waals surface area (Å²) in [6, 6.07) is 23.1. The van der Waals surface area contributed by atoms with Crippen molar-refractivity contribution in [1.29, 1.82) is 0 Å². The second kappa shape index (κ2) is 10.1. The minimum atomic E-state index is -0.357. The molecule has 4 aromatic rings. The Bertz CT molecular complexity index is 1450. The molecule has 0 aliphatic carbocycles. The Hall–Kier alpha value is -4.17. The Morgan fingerprint density at radius 3 is 2.41 bits per heavy atom. The molecule has 0 saturated carbocycles. The van der Waals surface area contributed by atoms with Crippen molar-refractivity contribution >= 4 is 29.0 Å². The summed E-state index contributed by atoms with van der Waals surface area (Å²) in [4.78, 5) is 18.7. The highest BCUT2D eigenvalue weighted by Crippen LogP contribution is 2.46. The number of pyridine rings is 1. The molecule has 0 unspecified atom stereocenters. The molecule has 2 aromatic carbocycles. The minimum absolute atomic E-state index is 0.172. The van der Waals surface area contributed by atoms with E-state index in [0.29, 0.717) is 10.7 Å². The lowest BCUT2D eigenvalue weighted by Crippen LogP contribution is -2.30. The van der Waals surface area contributed by atoms with E-state index in [1.165, 1.54) is 7.11 Å².